The quantitative estimate of drug-likeness (QED) is 0.863. The van der Waals surface area contributed by atoms with Crippen molar-refractivity contribution in [3.63, 3.8) is 0 Å². The molecule has 1 aromatic rings. The van der Waals surface area contributed by atoms with E-state index in [4.69, 9.17) is 10.5 Å². The monoisotopic (exact) mass is 312 g/mol. The lowest BCUT2D eigenvalue weighted by atomic mass is 10.1. The fraction of sp³-hybridized carbons (Fsp3) is 0.600. The van der Waals surface area contributed by atoms with Gasteiger partial charge in [-0.2, -0.15) is 0 Å². The van der Waals surface area contributed by atoms with Crippen LogP contribution < -0.4 is 5.73 Å². The Morgan fingerprint density at radius 2 is 1.90 bits per heavy atom. The highest BCUT2D eigenvalue weighted by molar-refractivity contribution is 7.88. The molecule has 2 rings (SSSR count). The molecular formula is C15H24N2O3S. The summed E-state index contributed by atoms with van der Waals surface area (Å²) in [5, 5.41) is 0. The Labute approximate surface area is 127 Å². The molecule has 0 amide bonds. The van der Waals surface area contributed by atoms with E-state index in [0.717, 1.165) is 37.0 Å². The summed E-state index contributed by atoms with van der Waals surface area (Å²) in [7, 11) is -1.68. The number of likely N-dealkylation sites (N-methyl/N-ethyl adjacent to an activating group) is 1. The summed E-state index contributed by atoms with van der Waals surface area (Å²) in [6.07, 6.45) is 3.14. The summed E-state index contributed by atoms with van der Waals surface area (Å²) < 4.78 is 31.8. The van der Waals surface area contributed by atoms with Gasteiger partial charge in [-0.05, 0) is 30.4 Å². The molecule has 1 aromatic carbocycles. The minimum Gasteiger partial charge on any atom is -0.377 e. The van der Waals surface area contributed by atoms with Crippen LogP contribution in [0, 0.1) is 0 Å². The first kappa shape index (κ1) is 16.4. The predicted octanol–water partition coefficient (Wildman–Crippen LogP) is 1.48. The number of hydrogen-bond donors (Lipinski definition) is 1. The molecule has 1 aliphatic rings. The highest BCUT2D eigenvalue weighted by Crippen LogP contribution is 2.16. The Bertz CT molecular complexity index is 537. The van der Waals surface area contributed by atoms with Gasteiger partial charge in [-0.25, -0.2) is 12.7 Å². The van der Waals surface area contributed by atoms with Crippen LogP contribution in [0.1, 0.15) is 30.4 Å². The van der Waals surface area contributed by atoms with Crippen LogP contribution in [0.4, 0.5) is 0 Å². The van der Waals surface area contributed by atoms with Crippen LogP contribution in [0.5, 0.6) is 0 Å². The van der Waals surface area contributed by atoms with Crippen molar-refractivity contribution in [2.24, 2.45) is 5.73 Å². The van der Waals surface area contributed by atoms with E-state index in [1.807, 2.05) is 24.3 Å². The van der Waals surface area contributed by atoms with Crippen LogP contribution in [0.15, 0.2) is 24.3 Å². The molecule has 1 unspecified atom stereocenters. The average Bonchev–Trinajstić information content (AvgIpc) is 2.48. The summed E-state index contributed by atoms with van der Waals surface area (Å²) in [4.78, 5) is 0. The van der Waals surface area contributed by atoms with Crippen LogP contribution >= 0.6 is 0 Å². The summed E-state index contributed by atoms with van der Waals surface area (Å²) in [6.45, 7) is 1.63. The van der Waals surface area contributed by atoms with Crippen molar-refractivity contribution in [2.45, 2.75) is 37.7 Å². The SMILES string of the molecule is CN(CC1CCCCO1)S(=O)(=O)Cc1ccc(CN)cc1. The van der Waals surface area contributed by atoms with Gasteiger partial charge in [0.1, 0.15) is 0 Å². The van der Waals surface area contributed by atoms with Crippen molar-refractivity contribution < 1.29 is 13.2 Å². The Morgan fingerprint density at radius 1 is 1.24 bits per heavy atom. The maximum Gasteiger partial charge on any atom is 0.218 e. The molecule has 1 aliphatic heterocycles. The third-order valence-corrected chi connectivity index (χ3v) is 5.61. The average molecular weight is 312 g/mol. The molecule has 6 heteroatoms. The highest BCUT2D eigenvalue weighted by Gasteiger charge is 2.23. The normalized spacial score (nSPS) is 19.9. The second kappa shape index (κ2) is 7.35. The van der Waals surface area contributed by atoms with Crippen molar-refractivity contribution >= 4 is 10.0 Å². The fourth-order valence-electron chi connectivity index (χ4n) is 2.44. The zero-order chi connectivity index (χ0) is 15.3. The number of nitrogens with zero attached hydrogens (tertiary/aromatic N) is 1. The molecule has 0 spiro atoms. The van der Waals surface area contributed by atoms with Gasteiger partial charge in [-0.15, -0.1) is 0 Å². The molecule has 1 fully saturated rings. The minimum atomic E-state index is -3.31. The van der Waals surface area contributed by atoms with E-state index < -0.39 is 10.0 Å². The molecule has 0 aliphatic carbocycles. The van der Waals surface area contributed by atoms with Crippen LogP contribution in [0.2, 0.25) is 0 Å². The molecule has 1 atom stereocenters. The van der Waals surface area contributed by atoms with Crippen molar-refractivity contribution in [1.82, 2.24) is 4.31 Å². The fourth-order valence-corrected chi connectivity index (χ4v) is 3.67. The van der Waals surface area contributed by atoms with E-state index in [0.29, 0.717) is 13.1 Å². The first-order valence-corrected chi connectivity index (χ1v) is 8.95. The molecule has 0 bridgehead atoms. The maximum atomic E-state index is 12.4. The van der Waals surface area contributed by atoms with E-state index in [9.17, 15) is 8.42 Å². The first-order chi connectivity index (χ1) is 10.0. The van der Waals surface area contributed by atoms with Crippen LogP contribution in [-0.4, -0.2) is 39.0 Å². The van der Waals surface area contributed by atoms with Gasteiger partial charge >= 0.3 is 0 Å². The molecule has 21 heavy (non-hydrogen) atoms. The molecule has 118 valence electrons. The zero-order valence-corrected chi connectivity index (χ0v) is 13.3. The van der Waals surface area contributed by atoms with Gasteiger partial charge in [-0.1, -0.05) is 24.3 Å². The molecule has 1 heterocycles. The summed E-state index contributed by atoms with van der Waals surface area (Å²) in [6, 6.07) is 7.39. The topological polar surface area (TPSA) is 72.6 Å². The third kappa shape index (κ3) is 4.78. The van der Waals surface area contributed by atoms with Crippen LogP contribution in [-0.2, 0) is 27.1 Å². The minimum absolute atomic E-state index is 0.0150. The van der Waals surface area contributed by atoms with Gasteiger partial charge < -0.3 is 10.5 Å². The number of sulfonamides is 1. The first-order valence-electron chi connectivity index (χ1n) is 7.35. The van der Waals surface area contributed by atoms with Crippen molar-refractivity contribution in [1.29, 1.82) is 0 Å². The number of rotatable bonds is 6. The van der Waals surface area contributed by atoms with Crippen molar-refractivity contribution in [3.8, 4) is 0 Å². The predicted molar refractivity (Wildman–Crippen MR) is 83.2 cm³/mol. The smallest absolute Gasteiger partial charge is 0.218 e. The number of nitrogens with two attached hydrogens (primary N) is 1. The van der Waals surface area contributed by atoms with Crippen molar-refractivity contribution in [2.75, 3.05) is 20.2 Å². The molecule has 0 aromatic heterocycles. The molecule has 0 saturated carbocycles. The zero-order valence-electron chi connectivity index (χ0n) is 12.5. The Kier molecular flexibility index (Phi) is 5.75. The molecule has 5 nitrogen and oxygen atoms in total. The number of benzene rings is 1. The van der Waals surface area contributed by atoms with Gasteiger partial charge in [0.15, 0.2) is 0 Å². The lowest BCUT2D eigenvalue weighted by Crippen LogP contribution is -2.37. The highest BCUT2D eigenvalue weighted by atomic mass is 32.2. The standard InChI is InChI=1S/C15H24N2O3S/c1-17(11-15-4-2-3-9-20-15)21(18,19)12-14-7-5-13(10-16)6-8-14/h5-8,15H,2-4,9-12,16H2,1H3. The molecular weight excluding hydrogens is 288 g/mol. The summed E-state index contributed by atoms with van der Waals surface area (Å²) in [5.41, 5.74) is 7.32. The van der Waals surface area contributed by atoms with Gasteiger partial charge in [-0.3, -0.25) is 0 Å². The van der Waals surface area contributed by atoms with Gasteiger partial charge in [0.2, 0.25) is 10.0 Å². The van der Waals surface area contributed by atoms with E-state index in [1.165, 1.54) is 4.31 Å². The van der Waals surface area contributed by atoms with Crippen LogP contribution in [0.3, 0.4) is 0 Å². The Hall–Kier alpha value is -0.950. The molecule has 0 radical (unpaired) electrons. The Balaban J connectivity index is 1.95. The second-order valence-electron chi connectivity index (χ2n) is 5.55. The number of hydrogen-bond acceptors (Lipinski definition) is 4. The van der Waals surface area contributed by atoms with E-state index in [2.05, 4.69) is 0 Å². The van der Waals surface area contributed by atoms with Gasteiger partial charge in [0.25, 0.3) is 0 Å². The van der Waals surface area contributed by atoms with E-state index in [1.54, 1.807) is 7.05 Å². The molecule has 2 N–H and O–H groups in total. The lowest BCUT2D eigenvalue weighted by Gasteiger charge is -2.27. The summed E-state index contributed by atoms with van der Waals surface area (Å²) >= 11 is 0. The van der Waals surface area contributed by atoms with E-state index >= 15 is 0 Å². The summed E-state index contributed by atoms with van der Waals surface area (Å²) in [5.74, 6) is 0.0150. The van der Waals surface area contributed by atoms with Gasteiger partial charge in [0.05, 0.1) is 11.9 Å². The van der Waals surface area contributed by atoms with Crippen molar-refractivity contribution in [3.05, 3.63) is 35.4 Å². The largest absolute Gasteiger partial charge is 0.377 e. The van der Waals surface area contributed by atoms with Gasteiger partial charge in [0, 0.05) is 26.7 Å². The second-order valence-corrected chi connectivity index (χ2v) is 7.62. The maximum absolute atomic E-state index is 12.4. The number of ether oxygens (including phenoxy) is 1. The Morgan fingerprint density at radius 3 is 2.48 bits per heavy atom. The third-order valence-electron chi connectivity index (χ3n) is 3.82. The molecule has 1 saturated heterocycles. The lowest BCUT2D eigenvalue weighted by molar-refractivity contribution is 0.00857. The van der Waals surface area contributed by atoms with Crippen LogP contribution in [0.25, 0.3) is 0 Å². The van der Waals surface area contributed by atoms with E-state index in [-0.39, 0.29) is 11.9 Å².